The highest BCUT2D eigenvalue weighted by Gasteiger charge is 2.42. The van der Waals surface area contributed by atoms with Crippen LogP contribution in [0.15, 0.2) is 36.4 Å². The molecular weight excluding hydrogens is 282 g/mol. The summed E-state index contributed by atoms with van der Waals surface area (Å²) in [6.45, 7) is 12.1. The van der Waals surface area contributed by atoms with Gasteiger partial charge in [-0.2, -0.15) is 0 Å². The molecule has 0 saturated carbocycles. The molecule has 1 saturated heterocycles. The maximum absolute atomic E-state index is 5.93. The minimum atomic E-state index is 0.0235. The molecule has 0 aliphatic carbocycles. The van der Waals surface area contributed by atoms with Gasteiger partial charge in [0.1, 0.15) is 0 Å². The second kappa shape index (κ2) is 8.12. The van der Waals surface area contributed by atoms with Crippen LogP contribution in [0.5, 0.6) is 0 Å². The molecular formula is C21H33NO. The third-order valence-corrected chi connectivity index (χ3v) is 5.27. The van der Waals surface area contributed by atoms with E-state index in [2.05, 4.69) is 75.5 Å². The number of ether oxygens (including phenoxy) is 1. The second-order valence-corrected chi connectivity index (χ2v) is 7.82. The molecule has 0 aromatic heterocycles. The Labute approximate surface area is 142 Å². The molecule has 23 heavy (non-hydrogen) atoms. The first kappa shape index (κ1) is 18.2. The van der Waals surface area contributed by atoms with Crippen molar-refractivity contribution in [3.8, 4) is 0 Å². The van der Waals surface area contributed by atoms with Crippen molar-refractivity contribution in [3.05, 3.63) is 42.0 Å². The molecule has 2 nitrogen and oxygen atoms in total. The first-order valence-electron chi connectivity index (χ1n) is 9.00. The predicted octanol–water partition coefficient (Wildman–Crippen LogP) is 4.91. The number of rotatable bonds is 7. The van der Waals surface area contributed by atoms with E-state index in [4.69, 9.17) is 4.74 Å². The third-order valence-electron chi connectivity index (χ3n) is 5.27. The summed E-state index contributed by atoms with van der Waals surface area (Å²) in [5, 5.41) is 3.58. The van der Waals surface area contributed by atoms with Crippen LogP contribution in [-0.2, 0) is 4.74 Å². The SMILES string of the molecule is CC(C)[C@]1(CCNC/C=C/c2ccccc2)CCOC(C)(C)C1. The zero-order chi connectivity index (χ0) is 16.8. The van der Waals surface area contributed by atoms with Gasteiger partial charge in [0.15, 0.2) is 0 Å². The Morgan fingerprint density at radius 2 is 1.96 bits per heavy atom. The van der Waals surface area contributed by atoms with Crippen LogP contribution in [0.25, 0.3) is 6.08 Å². The Balaban J connectivity index is 1.78. The molecule has 0 amide bonds. The smallest absolute Gasteiger partial charge is 0.0631 e. The minimum Gasteiger partial charge on any atom is -0.376 e. The van der Waals surface area contributed by atoms with Gasteiger partial charge in [-0.25, -0.2) is 0 Å². The van der Waals surface area contributed by atoms with Crippen LogP contribution in [0.3, 0.4) is 0 Å². The lowest BCUT2D eigenvalue weighted by Gasteiger charge is -2.48. The molecule has 1 aliphatic heterocycles. The molecule has 1 aromatic carbocycles. The molecule has 2 heteroatoms. The number of hydrogen-bond donors (Lipinski definition) is 1. The van der Waals surface area contributed by atoms with Crippen molar-refractivity contribution >= 4 is 6.08 Å². The van der Waals surface area contributed by atoms with Gasteiger partial charge in [-0.3, -0.25) is 0 Å². The Kier molecular flexibility index (Phi) is 6.43. The summed E-state index contributed by atoms with van der Waals surface area (Å²) in [7, 11) is 0. The maximum Gasteiger partial charge on any atom is 0.0631 e. The van der Waals surface area contributed by atoms with Crippen molar-refractivity contribution in [2.45, 2.75) is 52.6 Å². The molecule has 1 N–H and O–H groups in total. The van der Waals surface area contributed by atoms with Crippen LogP contribution in [0.2, 0.25) is 0 Å². The summed E-state index contributed by atoms with van der Waals surface area (Å²) >= 11 is 0. The van der Waals surface area contributed by atoms with Gasteiger partial charge in [-0.05, 0) is 56.6 Å². The van der Waals surface area contributed by atoms with Crippen LogP contribution in [0.4, 0.5) is 0 Å². The Morgan fingerprint density at radius 1 is 1.22 bits per heavy atom. The van der Waals surface area contributed by atoms with Gasteiger partial charge in [0.25, 0.3) is 0 Å². The Hall–Kier alpha value is -1.12. The van der Waals surface area contributed by atoms with E-state index in [1.54, 1.807) is 0 Å². The van der Waals surface area contributed by atoms with E-state index in [9.17, 15) is 0 Å². The molecule has 2 rings (SSSR count). The zero-order valence-electron chi connectivity index (χ0n) is 15.3. The van der Waals surface area contributed by atoms with Gasteiger partial charge in [-0.1, -0.05) is 56.3 Å². The van der Waals surface area contributed by atoms with E-state index in [0.29, 0.717) is 11.3 Å². The molecule has 1 heterocycles. The van der Waals surface area contributed by atoms with Gasteiger partial charge < -0.3 is 10.1 Å². The zero-order valence-corrected chi connectivity index (χ0v) is 15.3. The Morgan fingerprint density at radius 3 is 2.61 bits per heavy atom. The van der Waals surface area contributed by atoms with Crippen molar-refractivity contribution in [1.82, 2.24) is 5.32 Å². The standard InChI is InChI=1S/C21H33NO/c1-18(2)21(13-16-23-20(3,4)17-21)12-15-22-14-8-11-19-9-6-5-7-10-19/h5-11,18,22H,12-17H2,1-4H3/b11-8+/t21-/m1/s1. The van der Waals surface area contributed by atoms with E-state index in [1.165, 1.54) is 24.8 Å². The predicted molar refractivity (Wildman–Crippen MR) is 99.5 cm³/mol. The summed E-state index contributed by atoms with van der Waals surface area (Å²) in [6, 6.07) is 10.5. The lowest BCUT2D eigenvalue weighted by Crippen LogP contribution is -2.45. The normalized spacial score (nSPS) is 24.4. The topological polar surface area (TPSA) is 21.3 Å². The van der Waals surface area contributed by atoms with Crippen molar-refractivity contribution < 1.29 is 4.74 Å². The number of benzene rings is 1. The van der Waals surface area contributed by atoms with Crippen molar-refractivity contribution in [1.29, 1.82) is 0 Å². The van der Waals surface area contributed by atoms with Gasteiger partial charge in [-0.15, -0.1) is 0 Å². The first-order chi connectivity index (χ1) is 10.9. The van der Waals surface area contributed by atoms with E-state index >= 15 is 0 Å². The highest BCUT2D eigenvalue weighted by molar-refractivity contribution is 5.48. The quantitative estimate of drug-likeness (QED) is 0.722. The van der Waals surface area contributed by atoms with Crippen molar-refractivity contribution in [3.63, 3.8) is 0 Å². The molecule has 0 unspecified atom stereocenters. The van der Waals surface area contributed by atoms with E-state index in [-0.39, 0.29) is 5.60 Å². The summed E-state index contributed by atoms with van der Waals surface area (Å²) in [6.07, 6.45) is 7.99. The molecule has 0 radical (unpaired) electrons. The highest BCUT2D eigenvalue weighted by atomic mass is 16.5. The average molecular weight is 316 g/mol. The van der Waals surface area contributed by atoms with Gasteiger partial charge >= 0.3 is 0 Å². The largest absolute Gasteiger partial charge is 0.376 e. The van der Waals surface area contributed by atoms with Gasteiger partial charge in [0.2, 0.25) is 0 Å². The van der Waals surface area contributed by atoms with E-state index in [1.807, 2.05) is 0 Å². The highest BCUT2D eigenvalue weighted by Crippen LogP contribution is 2.46. The van der Waals surface area contributed by atoms with E-state index in [0.717, 1.165) is 19.7 Å². The lowest BCUT2D eigenvalue weighted by atomic mass is 9.65. The average Bonchev–Trinajstić information content (AvgIpc) is 2.50. The monoisotopic (exact) mass is 315 g/mol. The Bertz CT molecular complexity index is 492. The van der Waals surface area contributed by atoms with Gasteiger partial charge in [0, 0.05) is 13.2 Å². The fourth-order valence-electron chi connectivity index (χ4n) is 3.79. The van der Waals surface area contributed by atoms with Crippen LogP contribution >= 0.6 is 0 Å². The molecule has 1 aromatic rings. The van der Waals surface area contributed by atoms with Crippen LogP contribution in [0.1, 0.15) is 52.5 Å². The summed E-state index contributed by atoms with van der Waals surface area (Å²) in [4.78, 5) is 0. The van der Waals surface area contributed by atoms with Crippen molar-refractivity contribution in [2.24, 2.45) is 11.3 Å². The van der Waals surface area contributed by atoms with E-state index < -0.39 is 0 Å². The van der Waals surface area contributed by atoms with Crippen molar-refractivity contribution in [2.75, 3.05) is 19.7 Å². The van der Waals surface area contributed by atoms with Crippen LogP contribution in [0, 0.1) is 11.3 Å². The second-order valence-electron chi connectivity index (χ2n) is 7.82. The first-order valence-corrected chi connectivity index (χ1v) is 9.00. The maximum atomic E-state index is 5.93. The summed E-state index contributed by atoms with van der Waals surface area (Å²) in [5.41, 5.74) is 1.70. The number of hydrogen-bond acceptors (Lipinski definition) is 2. The van der Waals surface area contributed by atoms with Crippen LogP contribution in [-0.4, -0.2) is 25.3 Å². The van der Waals surface area contributed by atoms with Crippen LogP contribution < -0.4 is 5.32 Å². The summed E-state index contributed by atoms with van der Waals surface area (Å²) < 4.78 is 5.93. The lowest BCUT2D eigenvalue weighted by molar-refractivity contribution is -0.120. The fraction of sp³-hybridized carbons (Fsp3) is 0.619. The molecule has 1 fully saturated rings. The molecule has 0 bridgehead atoms. The minimum absolute atomic E-state index is 0.0235. The van der Waals surface area contributed by atoms with Gasteiger partial charge in [0.05, 0.1) is 5.60 Å². The molecule has 1 aliphatic rings. The fourth-order valence-corrected chi connectivity index (χ4v) is 3.79. The summed E-state index contributed by atoms with van der Waals surface area (Å²) in [5.74, 6) is 0.701. The molecule has 0 spiro atoms. The number of nitrogens with one attached hydrogen (secondary N) is 1. The molecule has 128 valence electrons. The third kappa shape index (κ3) is 5.47. The molecule has 1 atom stereocenters.